The molecule has 114 valence electrons. The van der Waals surface area contributed by atoms with Gasteiger partial charge in [-0.25, -0.2) is 0 Å². The number of hydrogen-bond acceptors (Lipinski definition) is 2. The van der Waals surface area contributed by atoms with Gasteiger partial charge in [-0.1, -0.05) is 51.8 Å². The molecule has 0 aromatic heterocycles. The monoisotopic (exact) mass is 385 g/mol. The fourth-order valence-electron chi connectivity index (χ4n) is 3.17. The van der Waals surface area contributed by atoms with Crippen molar-refractivity contribution in [2.24, 2.45) is 4.99 Å². The molecular formula is C19H13BrClNO. The first-order chi connectivity index (χ1) is 11.1. The van der Waals surface area contributed by atoms with Crippen molar-refractivity contribution in [1.29, 1.82) is 0 Å². The second-order valence-corrected chi connectivity index (χ2v) is 6.99. The van der Waals surface area contributed by atoms with Crippen LogP contribution in [0.1, 0.15) is 16.7 Å². The second-order valence-electron chi connectivity index (χ2n) is 5.67. The SMILES string of the molecule is Oc1c(Cl)cc(Br)cc1C=Nc1ccc2c3c(cccc13)CC2. The summed E-state index contributed by atoms with van der Waals surface area (Å²) in [7, 11) is 0. The quantitative estimate of drug-likeness (QED) is 0.554. The molecule has 2 nitrogen and oxygen atoms in total. The minimum absolute atomic E-state index is 0.0459. The van der Waals surface area contributed by atoms with E-state index in [0.717, 1.165) is 28.4 Å². The molecule has 1 N–H and O–H groups in total. The van der Waals surface area contributed by atoms with Gasteiger partial charge in [-0.15, -0.1) is 0 Å². The van der Waals surface area contributed by atoms with Gasteiger partial charge in [0.05, 0.1) is 10.7 Å². The number of phenolic OH excluding ortho intramolecular Hbond substituents is 1. The summed E-state index contributed by atoms with van der Waals surface area (Å²) in [5, 5.41) is 12.9. The normalized spacial score (nSPS) is 13.3. The lowest BCUT2D eigenvalue weighted by Crippen LogP contribution is -1.85. The topological polar surface area (TPSA) is 32.6 Å². The lowest BCUT2D eigenvalue weighted by atomic mass is 10.0. The van der Waals surface area contributed by atoms with Crippen molar-refractivity contribution < 1.29 is 5.11 Å². The fourth-order valence-corrected chi connectivity index (χ4v) is 4.00. The Balaban J connectivity index is 1.83. The van der Waals surface area contributed by atoms with Gasteiger partial charge in [0, 0.05) is 21.6 Å². The van der Waals surface area contributed by atoms with E-state index in [1.165, 1.54) is 16.5 Å². The Hall–Kier alpha value is -1.84. The van der Waals surface area contributed by atoms with Crippen LogP contribution < -0.4 is 0 Å². The number of benzene rings is 3. The highest BCUT2D eigenvalue weighted by atomic mass is 79.9. The Labute approximate surface area is 147 Å². The molecular weight excluding hydrogens is 374 g/mol. The van der Waals surface area contributed by atoms with E-state index in [0.29, 0.717) is 10.6 Å². The van der Waals surface area contributed by atoms with Crippen molar-refractivity contribution >= 4 is 50.2 Å². The molecule has 0 radical (unpaired) electrons. The van der Waals surface area contributed by atoms with Crippen LogP contribution in [0.25, 0.3) is 10.8 Å². The van der Waals surface area contributed by atoms with Crippen LogP contribution >= 0.6 is 27.5 Å². The number of nitrogens with zero attached hydrogens (tertiary/aromatic N) is 1. The molecule has 0 saturated carbocycles. The number of aliphatic imine (C=N–C) groups is 1. The molecule has 0 saturated heterocycles. The average molecular weight is 387 g/mol. The fraction of sp³-hybridized carbons (Fsp3) is 0.105. The van der Waals surface area contributed by atoms with Crippen LogP contribution in [0.4, 0.5) is 5.69 Å². The van der Waals surface area contributed by atoms with Gasteiger partial charge < -0.3 is 5.11 Å². The maximum Gasteiger partial charge on any atom is 0.143 e. The molecule has 0 unspecified atom stereocenters. The Bertz CT molecular complexity index is 955. The number of rotatable bonds is 2. The van der Waals surface area contributed by atoms with Crippen LogP contribution in [0.3, 0.4) is 0 Å². The van der Waals surface area contributed by atoms with Crippen LogP contribution in [0.15, 0.2) is 51.9 Å². The van der Waals surface area contributed by atoms with Gasteiger partial charge in [-0.2, -0.15) is 0 Å². The van der Waals surface area contributed by atoms with Crippen LogP contribution in [-0.2, 0) is 12.8 Å². The first-order valence-electron chi connectivity index (χ1n) is 7.39. The Morgan fingerprint density at radius 1 is 1.09 bits per heavy atom. The summed E-state index contributed by atoms with van der Waals surface area (Å²) in [5.74, 6) is 0.0459. The molecule has 1 aliphatic carbocycles. The number of aryl methyl sites for hydroxylation is 2. The van der Waals surface area contributed by atoms with Crippen molar-refractivity contribution in [3.05, 3.63) is 68.7 Å². The zero-order valence-corrected chi connectivity index (χ0v) is 14.5. The van der Waals surface area contributed by atoms with E-state index < -0.39 is 0 Å². The number of hydrogen-bond donors (Lipinski definition) is 1. The van der Waals surface area contributed by atoms with E-state index in [-0.39, 0.29) is 5.75 Å². The van der Waals surface area contributed by atoms with Crippen molar-refractivity contribution in [1.82, 2.24) is 0 Å². The standard InChI is InChI=1S/C19H13BrClNO/c20-14-8-13(19(23)16(21)9-14)10-22-17-7-6-12-5-4-11-2-1-3-15(17)18(11)12/h1-3,6-10,23H,4-5H2. The van der Waals surface area contributed by atoms with Crippen molar-refractivity contribution in [2.45, 2.75) is 12.8 Å². The highest BCUT2D eigenvalue weighted by molar-refractivity contribution is 9.10. The first kappa shape index (κ1) is 14.7. The summed E-state index contributed by atoms with van der Waals surface area (Å²) >= 11 is 9.39. The largest absolute Gasteiger partial charge is 0.506 e. The zero-order valence-electron chi connectivity index (χ0n) is 12.2. The highest BCUT2D eigenvalue weighted by Crippen LogP contribution is 2.36. The third-order valence-corrected chi connectivity index (χ3v) is 5.00. The Morgan fingerprint density at radius 2 is 1.87 bits per heavy atom. The van der Waals surface area contributed by atoms with Crippen LogP contribution in [0, 0.1) is 0 Å². The van der Waals surface area contributed by atoms with Gasteiger partial charge in [0.15, 0.2) is 0 Å². The molecule has 3 aromatic rings. The molecule has 4 rings (SSSR count). The predicted octanol–water partition coefficient (Wildman–Crippen LogP) is 5.81. The molecule has 0 spiro atoms. The summed E-state index contributed by atoms with van der Waals surface area (Å²) in [5.41, 5.74) is 4.28. The molecule has 0 fully saturated rings. The van der Waals surface area contributed by atoms with Gasteiger partial charge in [0.2, 0.25) is 0 Å². The molecule has 0 amide bonds. The van der Waals surface area contributed by atoms with Gasteiger partial charge >= 0.3 is 0 Å². The summed E-state index contributed by atoms with van der Waals surface area (Å²) in [6.45, 7) is 0. The molecule has 0 heterocycles. The van der Waals surface area contributed by atoms with Crippen molar-refractivity contribution in [2.75, 3.05) is 0 Å². The maximum atomic E-state index is 10.1. The molecule has 23 heavy (non-hydrogen) atoms. The van der Waals surface area contributed by atoms with Crippen LogP contribution in [0.5, 0.6) is 5.75 Å². The zero-order chi connectivity index (χ0) is 16.0. The summed E-state index contributed by atoms with van der Waals surface area (Å²) in [6.07, 6.45) is 3.86. The summed E-state index contributed by atoms with van der Waals surface area (Å²) in [4.78, 5) is 4.59. The van der Waals surface area contributed by atoms with Gasteiger partial charge in [-0.3, -0.25) is 4.99 Å². The van der Waals surface area contributed by atoms with E-state index in [1.54, 1.807) is 18.3 Å². The molecule has 1 aliphatic rings. The van der Waals surface area contributed by atoms with Gasteiger partial charge in [0.1, 0.15) is 5.75 Å². The van der Waals surface area contributed by atoms with E-state index >= 15 is 0 Å². The molecule has 3 aromatic carbocycles. The lowest BCUT2D eigenvalue weighted by Gasteiger charge is -2.06. The highest BCUT2D eigenvalue weighted by Gasteiger charge is 2.15. The summed E-state index contributed by atoms with van der Waals surface area (Å²) in [6, 6.07) is 14.0. The third-order valence-electron chi connectivity index (χ3n) is 4.25. The van der Waals surface area contributed by atoms with Crippen molar-refractivity contribution in [3.8, 4) is 5.75 Å². The first-order valence-corrected chi connectivity index (χ1v) is 8.56. The van der Waals surface area contributed by atoms with Gasteiger partial charge in [0.25, 0.3) is 0 Å². The second kappa shape index (κ2) is 5.66. The molecule has 4 heteroatoms. The van der Waals surface area contributed by atoms with E-state index in [1.807, 2.05) is 6.07 Å². The van der Waals surface area contributed by atoms with Gasteiger partial charge in [-0.05, 0) is 47.6 Å². The predicted molar refractivity (Wildman–Crippen MR) is 99.4 cm³/mol. The lowest BCUT2D eigenvalue weighted by molar-refractivity contribution is 0.474. The summed E-state index contributed by atoms with van der Waals surface area (Å²) < 4.78 is 0.808. The Morgan fingerprint density at radius 3 is 2.70 bits per heavy atom. The van der Waals surface area contributed by atoms with Crippen LogP contribution in [-0.4, -0.2) is 11.3 Å². The average Bonchev–Trinajstić information content (AvgIpc) is 2.96. The Kier molecular flexibility index (Phi) is 3.63. The number of halogens is 2. The van der Waals surface area contributed by atoms with Crippen molar-refractivity contribution in [3.63, 3.8) is 0 Å². The number of phenols is 1. The van der Waals surface area contributed by atoms with E-state index in [2.05, 4.69) is 45.2 Å². The number of aromatic hydroxyl groups is 1. The van der Waals surface area contributed by atoms with E-state index in [9.17, 15) is 5.11 Å². The molecule has 0 atom stereocenters. The van der Waals surface area contributed by atoms with Crippen LogP contribution in [0.2, 0.25) is 5.02 Å². The minimum atomic E-state index is 0.0459. The van der Waals surface area contributed by atoms with E-state index in [4.69, 9.17) is 11.6 Å². The maximum absolute atomic E-state index is 10.1. The molecule has 0 aliphatic heterocycles. The molecule has 0 bridgehead atoms. The third kappa shape index (κ3) is 2.54. The smallest absolute Gasteiger partial charge is 0.143 e. The minimum Gasteiger partial charge on any atom is -0.506 e.